The summed E-state index contributed by atoms with van der Waals surface area (Å²) in [6, 6.07) is 19.2. The van der Waals surface area contributed by atoms with Crippen LogP contribution >= 0.6 is 0 Å². The Balaban J connectivity index is 2.05. The number of fused-ring (bicyclic) bond motifs is 1. The molecule has 0 aromatic heterocycles. The highest BCUT2D eigenvalue weighted by Crippen LogP contribution is 2.29. The molecule has 0 saturated carbocycles. The van der Waals surface area contributed by atoms with Gasteiger partial charge in [-0.25, -0.2) is 8.42 Å². The van der Waals surface area contributed by atoms with Crippen LogP contribution in [0.3, 0.4) is 0 Å². The van der Waals surface area contributed by atoms with E-state index in [9.17, 15) is 18.0 Å². The average molecular weight is 540 g/mol. The van der Waals surface area contributed by atoms with Crippen molar-refractivity contribution >= 4 is 38.3 Å². The number of carbonyl (C=O) groups excluding carboxylic acids is 2. The van der Waals surface area contributed by atoms with Crippen molar-refractivity contribution in [3.05, 3.63) is 72.3 Å². The first kappa shape index (κ1) is 29.0. The van der Waals surface area contributed by atoms with Gasteiger partial charge in [0.25, 0.3) is 0 Å². The second-order valence-electron chi connectivity index (χ2n) is 10.3. The number of nitrogens with zero attached hydrogens (tertiary/aromatic N) is 2. The molecule has 0 aliphatic rings. The van der Waals surface area contributed by atoms with E-state index < -0.39 is 34.1 Å². The largest absolute Gasteiger partial charge is 0.497 e. The summed E-state index contributed by atoms with van der Waals surface area (Å²) in [6.07, 6.45) is 1.43. The fourth-order valence-corrected chi connectivity index (χ4v) is 5.22. The van der Waals surface area contributed by atoms with E-state index in [1.807, 2.05) is 70.2 Å². The van der Waals surface area contributed by atoms with Crippen LogP contribution in [0.15, 0.2) is 66.7 Å². The fraction of sp³-hybridized carbons (Fsp3) is 0.379. The molecule has 0 aliphatic carbocycles. The van der Waals surface area contributed by atoms with Crippen molar-refractivity contribution in [3.8, 4) is 5.75 Å². The summed E-state index contributed by atoms with van der Waals surface area (Å²) in [6.45, 7) is 7.11. The molecule has 1 N–H and O–H groups in total. The van der Waals surface area contributed by atoms with Crippen LogP contribution in [-0.4, -0.2) is 56.6 Å². The number of methoxy groups -OCH3 is 1. The Morgan fingerprint density at radius 3 is 2.29 bits per heavy atom. The van der Waals surface area contributed by atoms with Gasteiger partial charge in [-0.05, 0) is 56.3 Å². The highest BCUT2D eigenvalue weighted by atomic mass is 32.2. The molecule has 0 fully saturated rings. The monoisotopic (exact) mass is 539 g/mol. The molecule has 3 rings (SSSR count). The third-order valence-corrected chi connectivity index (χ3v) is 7.21. The van der Waals surface area contributed by atoms with Crippen LogP contribution in [-0.2, 0) is 26.2 Å². The topological polar surface area (TPSA) is 96.0 Å². The third kappa shape index (κ3) is 7.25. The molecular formula is C29H37N3O5S. The van der Waals surface area contributed by atoms with Gasteiger partial charge in [0, 0.05) is 17.5 Å². The highest BCUT2D eigenvalue weighted by molar-refractivity contribution is 7.92. The Morgan fingerprint density at radius 1 is 1.00 bits per heavy atom. The molecule has 3 aromatic rings. The van der Waals surface area contributed by atoms with E-state index in [0.29, 0.717) is 23.2 Å². The lowest BCUT2D eigenvalue weighted by Gasteiger charge is -2.34. The Morgan fingerprint density at radius 2 is 1.66 bits per heavy atom. The number of anilines is 1. The number of carbonyl (C=O) groups is 2. The smallest absolute Gasteiger partial charge is 0.244 e. The first-order valence-corrected chi connectivity index (χ1v) is 14.4. The minimum atomic E-state index is -3.84. The van der Waals surface area contributed by atoms with E-state index >= 15 is 0 Å². The van der Waals surface area contributed by atoms with E-state index in [1.54, 1.807) is 31.4 Å². The van der Waals surface area contributed by atoms with Crippen LogP contribution in [0.25, 0.3) is 10.8 Å². The molecule has 0 bridgehead atoms. The van der Waals surface area contributed by atoms with E-state index in [-0.39, 0.29) is 12.5 Å². The summed E-state index contributed by atoms with van der Waals surface area (Å²) in [5, 5.41) is 4.53. The van der Waals surface area contributed by atoms with Crippen LogP contribution in [0.5, 0.6) is 5.75 Å². The summed E-state index contributed by atoms with van der Waals surface area (Å²) in [5.74, 6) is -0.162. The molecule has 0 saturated heterocycles. The zero-order valence-electron chi connectivity index (χ0n) is 22.9. The highest BCUT2D eigenvalue weighted by Gasteiger charge is 2.33. The number of hydrogen-bond donors (Lipinski definition) is 1. The lowest BCUT2D eigenvalue weighted by atomic mass is 10.1. The van der Waals surface area contributed by atoms with Crippen LogP contribution in [0, 0.1) is 0 Å². The molecule has 0 spiro atoms. The predicted molar refractivity (Wildman–Crippen MR) is 152 cm³/mol. The van der Waals surface area contributed by atoms with Crippen molar-refractivity contribution in [2.75, 3.05) is 24.2 Å². The first-order valence-electron chi connectivity index (χ1n) is 12.5. The summed E-state index contributed by atoms with van der Waals surface area (Å²) in [5.41, 5.74) is 0.667. The lowest BCUT2D eigenvalue weighted by molar-refractivity contribution is -0.141. The van der Waals surface area contributed by atoms with E-state index in [4.69, 9.17) is 4.74 Å². The van der Waals surface area contributed by atoms with Gasteiger partial charge in [-0.1, -0.05) is 55.5 Å². The Bertz CT molecular complexity index is 1390. The van der Waals surface area contributed by atoms with Crippen molar-refractivity contribution in [3.63, 3.8) is 0 Å². The molecule has 0 unspecified atom stereocenters. The zero-order valence-corrected chi connectivity index (χ0v) is 23.7. The number of rotatable bonds is 10. The van der Waals surface area contributed by atoms with Gasteiger partial charge in [0.15, 0.2) is 0 Å². The number of nitrogens with one attached hydrogen (secondary N) is 1. The molecular weight excluding hydrogens is 502 g/mol. The maximum absolute atomic E-state index is 13.9. The molecule has 9 heteroatoms. The average Bonchev–Trinajstić information content (AvgIpc) is 2.85. The Hall–Kier alpha value is -3.59. The van der Waals surface area contributed by atoms with E-state index in [2.05, 4.69) is 5.32 Å². The van der Waals surface area contributed by atoms with Crippen molar-refractivity contribution in [2.24, 2.45) is 0 Å². The SMILES string of the molecule is CC[C@H](C(=O)NC(C)(C)C)N(Cc1cccc(OC)c1)C(=O)CN(c1cccc2ccccc12)S(C)(=O)=O. The van der Waals surface area contributed by atoms with Gasteiger partial charge in [0.2, 0.25) is 21.8 Å². The maximum Gasteiger partial charge on any atom is 0.244 e. The van der Waals surface area contributed by atoms with E-state index in [1.165, 1.54) is 4.90 Å². The van der Waals surface area contributed by atoms with Crippen molar-refractivity contribution < 1.29 is 22.7 Å². The van der Waals surface area contributed by atoms with Gasteiger partial charge < -0.3 is 15.0 Å². The number of benzene rings is 3. The Kier molecular flexibility index (Phi) is 9.04. The molecule has 2 amide bonds. The lowest BCUT2D eigenvalue weighted by Crippen LogP contribution is -2.55. The first-order chi connectivity index (χ1) is 17.8. The van der Waals surface area contributed by atoms with Gasteiger partial charge >= 0.3 is 0 Å². The quantitative estimate of drug-likeness (QED) is 0.414. The standard InChI is InChI=1S/C29H37N3O5S/c1-7-25(28(34)30-29(2,3)4)31(19-21-12-10-15-23(18-21)37-5)27(33)20-32(38(6,35)36)26-17-11-14-22-13-8-9-16-24(22)26/h8-18,25H,7,19-20H2,1-6H3,(H,30,34)/t25-/m1/s1. The summed E-state index contributed by atoms with van der Waals surface area (Å²) in [4.78, 5) is 28.7. The van der Waals surface area contributed by atoms with E-state index in [0.717, 1.165) is 21.5 Å². The molecule has 0 aliphatic heterocycles. The maximum atomic E-state index is 13.9. The van der Waals surface area contributed by atoms with Crippen molar-refractivity contribution in [2.45, 2.75) is 52.2 Å². The number of sulfonamides is 1. The molecule has 1 atom stereocenters. The number of amides is 2. The summed E-state index contributed by atoms with van der Waals surface area (Å²) >= 11 is 0. The van der Waals surface area contributed by atoms with Gasteiger partial charge in [0.05, 0.1) is 19.1 Å². The molecule has 8 nitrogen and oxygen atoms in total. The van der Waals surface area contributed by atoms with Crippen molar-refractivity contribution in [1.82, 2.24) is 10.2 Å². The summed E-state index contributed by atoms with van der Waals surface area (Å²) < 4.78 is 32.4. The number of ether oxygens (including phenoxy) is 1. The van der Waals surface area contributed by atoms with Gasteiger partial charge in [0.1, 0.15) is 18.3 Å². The minimum Gasteiger partial charge on any atom is -0.497 e. The predicted octanol–water partition coefficient (Wildman–Crippen LogP) is 4.34. The summed E-state index contributed by atoms with van der Waals surface area (Å²) in [7, 11) is -2.28. The van der Waals surface area contributed by atoms with Gasteiger partial charge in [-0.3, -0.25) is 13.9 Å². The van der Waals surface area contributed by atoms with Crippen LogP contribution in [0.1, 0.15) is 39.7 Å². The van der Waals surface area contributed by atoms with Crippen molar-refractivity contribution in [1.29, 1.82) is 0 Å². The molecule has 0 heterocycles. The minimum absolute atomic E-state index is 0.110. The Labute approximate surface area is 225 Å². The van der Waals surface area contributed by atoms with Crippen LogP contribution < -0.4 is 14.4 Å². The second kappa shape index (κ2) is 11.9. The fourth-order valence-electron chi connectivity index (χ4n) is 4.36. The van der Waals surface area contributed by atoms with Gasteiger partial charge in [-0.15, -0.1) is 0 Å². The molecule has 38 heavy (non-hydrogen) atoms. The third-order valence-electron chi connectivity index (χ3n) is 6.09. The molecule has 0 radical (unpaired) electrons. The molecule has 3 aromatic carbocycles. The zero-order chi connectivity index (χ0) is 28.1. The normalized spacial score (nSPS) is 12.6. The number of hydrogen-bond acceptors (Lipinski definition) is 5. The second-order valence-corrected chi connectivity index (χ2v) is 12.2. The molecule has 204 valence electrons. The van der Waals surface area contributed by atoms with Crippen LogP contribution in [0.4, 0.5) is 5.69 Å². The van der Waals surface area contributed by atoms with Gasteiger partial charge in [-0.2, -0.15) is 0 Å². The van der Waals surface area contributed by atoms with Crippen LogP contribution in [0.2, 0.25) is 0 Å².